The zero-order chi connectivity index (χ0) is 18.8. The topological polar surface area (TPSA) is 36.0 Å². The van der Waals surface area contributed by atoms with Gasteiger partial charge in [-0.05, 0) is 63.0 Å². The molecule has 0 radical (unpaired) electrons. The second kappa shape index (κ2) is 8.38. The van der Waals surface area contributed by atoms with Gasteiger partial charge in [0, 0.05) is 30.7 Å². The molecule has 4 rings (SSSR count). The van der Waals surface area contributed by atoms with Crippen molar-refractivity contribution in [1.29, 1.82) is 0 Å². The van der Waals surface area contributed by atoms with Crippen LogP contribution in [0.15, 0.2) is 24.3 Å². The first-order valence-electron chi connectivity index (χ1n) is 10.3. The monoisotopic (exact) mass is 391 g/mol. The van der Waals surface area contributed by atoms with E-state index in [0.717, 1.165) is 30.1 Å². The normalized spacial score (nSPS) is 27.2. The Bertz CT molecular complexity index is 663. The number of nitrogens with zero attached hydrogens (tertiary/aromatic N) is 3. The van der Waals surface area contributed by atoms with Crippen LogP contribution in [0.25, 0.3) is 0 Å². The number of ether oxygens (including phenoxy) is 1. The second-order valence-corrected chi connectivity index (χ2v) is 8.53. The van der Waals surface area contributed by atoms with Crippen LogP contribution in [0.1, 0.15) is 31.7 Å². The van der Waals surface area contributed by atoms with Gasteiger partial charge in [0.25, 0.3) is 0 Å². The Balaban J connectivity index is 1.32. The smallest absolute Gasteiger partial charge is 0.410 e. The fraction of sp³-hybridized carbons (Fsp3) is 0.667. The van der Waals surface area contributed by atoms with Gasteiger partial charge in [0.1, 0.15) is 6.10 Å². The summed E-state index contributed by atoms with van der Waals surface area (Å²) in [5.41, 5.74) is 1.16. The summed E-state index contributed by atoms with van der Waals surface area (Å²) in [6.07, 6.45) is 4.39. The number of benzene rings is 1. The van der Waals surface area contributed by atoms with E-state index in [4.69, 9.17) is 16.3 Å². The van der Waals surface area contributed by atoms with Gasteiger partial charge in [-0.25, -0.2) is 4.79 Å². The first-order chi connectivity index (χ1) is 13.1. The predicted octanol–water partition coefficient (Wildman–Crippen LogP) is 3.26. The molecule has 0 bridgehead atoms. The fourth-order valence-corrected chi connectivity index (χ4v) is 5.07. The number of piperidine rings is 1. The molecule has 3 fully saturated rings. The van der Waals surface area contributed by atoms with Gasteiger partial charge in [-0.2, -0.15) is 0 Å². The average molecular weight is 392 g/mol. The lowest BCUT2D eigenvalue weighted by molar-refractivity contribution is 0.0889. The third-order valence-electron chi connectivity index (χ3n) is 6.30. The van der Waals surface area contributed by atoms with E-state index in [0.29, 0.717) is 12.6 Å². The minimum Gasteiger partial charge on any atom is -0.442 e. The lowest BCUT2D eigenvalue weighted by Crippen LogP contribution is -2.46. The molecule has 148 valence electrons. The van der Waals surface area contributed by atoms with Crippen LogP contribution in [-0.2, 0) is 11.2 Å². The van der Waals surface area contributed by atoms with E-state index < -0.39 is 0 Å². The number of fused-ring (bicyclic) bond motifs is 1. The number of rotatable bonds is 6. The van der Waals surface area contributed by atoms with Crippen LogP contribution in [0.4, 0.5) is 4.79 Å². The summed E-state index contributed by atoms with van der Waals surface area (Å²) >= 11 is 6.08. The van der Waals surface area contributed by atoms with Crippen molar-refractivity contribution in [1.82, 2.24) is 14.7 Å². The number of carbonyl (C=O) groups is 1. The second-order valence-electron chi connectivity index (χ2n) is 8.09. The van der Waals surface area contributed by atoms with Crippen molar-refractivity contribution in [2.75, 3.05) is 39.3 Å². The van der Waals surface area contributed by atoms with Gasteiger partial charge in [0.05, 0.1) is 6.04 Å². The molecule has 1 amide bonds. The number of hydrogen-bond acceptors (Lipinski definition) is 4. The number of hydrogen-bond donors (Lipinski definition) is 0. The standard InChI is InChI=1S/C21H30ClN3O2/c1-2-9-23-10-7-18(8-11-23)24-14-19-20(15-24)27-21(26)25(19)12-6-16-4-3-5-17(22)13-16/h3-5,13,18-20H,2,6-12,14-15H2,1H3/t19-,20+/m1/s1. The molecule has 27 heavy (non-hydrogen) atoms. The predicted molar refractivity (Wildman–Crippen MR) is 107 cm³/mol. The van der Waals surface area contributed by atoms with Crippen molar-refractivity contribution in [2.45, 2.75) is 50.8 Å². The maximum atomic E-state index is 12.3. The zero-order valence-electron chi connectivity index (χ0n) is 16.1. The SMILES string of the molecule is CCCN1CCC(N2C[C@@H]3OC(=O)N(CCc4cccc(Cl)c4)[C@@H]3C2)CC1. The van der Waals surface area contributed by atoms with Crippen molar-refractivity contribution < 1.29 is 9.53 Å². The van der Waals surface area contributed by atoms with Crippen molar-refractivity contribution in [3.05, 3.63) is 34.9 Å². The third-order valence-corrected chi connectivity index (χ3v) is 6.53. The van der Waals surface area contributed by atoms with Crippen LogP contribution in [-0.4, -0.2) is 78.2 Å². The minimum absolute atomic E-state index is 0.0329. The lowest BCUT2D eigenvalue weighted by atomic mass is 10.0. The largest absolute Gasteiger partial charge is 0.442 e. The molecule has 0 aliphatic carbocycles. The van der Waals surface area contributed by atoms with Crippen LogP contribution >= 0.6 is 11.6 Å². The first-order valence-corrected chi connectivity index (χ1v) is 10.7. The molecule has 0 unspecified atom stereocenters. The van der Waals surface area contributed by atoms with E-state index in [1.54, 1.807) is 0 Å². The molecular weight excluding hydrogens is 362 g/mol. The van der Waals surface area contributed by atoms with Gasteiger partial charge in [0.2, 0.25) is 0 Å². The molecule has 2 atom stereocenters. The van der Waals surface area contributed by atoms with Crippen LogP contribution in [0.3, 0.4) is 0 Å². The molecule has 3 heterocycles. The van der Waals surface area contributed by atoms with Gasteiger partial charge in [-0.15, -0.1) is 0 Å². The summed E-state index contributed by atoms with van der Waals surface area (Å²) in [7, 11) is 0. The molecule has 0 saturated carbocycles. The van der Waals surface area contributed by atoms with Crippen LogP contribution in [0.2, 0.25) is 5.02 Å². The number of likely N-dealkylation sites (tertiary alicyclic amines) is 2. The number of halogens is 1. The summed E-state index contributed by atoms with van der Waals surface area (Å²) in [6, 6.07) is 8.72. The average Bonchev–Trinajstić information content (AvgIpc) is 3.18. The van der Waals surface area contributed by atoms with Crippen molar-refractivity contribution in [2.24, 2.45) is 0 Å². The van der Waals surface area contributed by atoms with Crippen LogP contribution in [0, 0.1) is 0 Å². The number of amides is 1. The third kappa shape index (κ3) is 4.25. The molecule has 1 aromatic rings. The van der Waals surface area contributed by atoms with Crippen LogP contribution < -0.4 is 0 Å². The van der Waals surface area contributed by atoms with Crippen LogP contribution in [0.5, 0.6) is 0 Å². The van der Waals surface area contributed by atoms with Gasteiger partial charge in [-0.1, -0.05) is 30.7 Å². The summed E-state index contributed by atoms with van der Waals surface area (Å²) in [4.78, 5) is 19.4. The zero-order valence-corrected chi connectivity index (χ0v) is 16.9. The van der Waals surface area contributed by atoms with Gasteiger partial charge in [0.15, 0.2) is 0 Å². The highest BCUT2D eigenvalue weighted by atomic mass is 35.5. The quantitative estimate of drug-likeness (QED) is 0.745. The molecule has 6 heteroatoms. The van der Waals surface area contributed by atoms with Gasteiger partial charge in [-0.3, -0.25) is 9.80 Å². The molecule has 5 nitrogen and oxygen atoms in total. The fourth-order valence-electron chi connectivity index (χ4n) is 4.85. The van der Waals surface area contributed by atoms with E-state index in [1.807, 2.05) is 23.1 Å². The summed E-state index contributed by atoms with van der Waals surface area (Å²) in [5.74, 6) is 0. The summed E-state index contributed by atoms with van der Waals surface area (Å²) < 4.78 is 5.70. The van der Waals surface area contributed by atoms with Gasteiger partial charge < -0.3 is 9.64 Å². The number of carbonyl (C=O) groups excluding carboxylic acids is 1. The summed E-state index contributed by atoms with van der Waals surface area (Å²) in [6.45, 7) is 8.40. The molecule has 0 spiro atoms. The Morgan fingerprint density at radius 1 is 1.19 bits per heavy atom. The molecule has 0 N–H and O–H groups in total. The van der Waals surface area contributed by atoms with E-state index in [2.05, 4.69) is 22.8 Å². The van der Waals surface area contributed by atoms with Crippen molar-refractivity contribution >= 4 is 17.7 Å². The van der Waals surface area contributed by atoms with E-state index >= 15 is 0 Å². The molecular formula is C21H30ClN3O2. The molecule has 1 aromatic carbocycles. The van der Waals surface area contributed by atoms with Crippen molar-refractivity contribution in [3.8, 4) is 0 Å². The maximum absolute atomic E-state index is 12.3. The Hall–Kier alpha value is -1.30. The molecule has 3 aliphatic rings. The highest BCUT2D eigenvalue weighted by Crippen LogP contribution is 2.30. The molecule has 3 saturated heterocycles. The maximum Gasteiger partial charge on any atom is 0.410 e. The van der Waals surface area contributed by atoms with Crippen molar-refractivity contribution in [3.63, 3.8) is 0 Å². The highest BCUT2D eigenvalue weighted by Gasteiger charge is 2.48. The first kappa shape index (κ1) is 19.0. The minimum atomic E-state index is -0.149. The lowest BCUT2D eigenvalue weighted by Gasteiger charge is -2.37. The highest BCUT2D eigenvalue weighted by molar-refractivity contribution is 6.30. The Labute approximate surface area is 167 Å². The van der Waals surface area contributed by atoms with E-state index in [1.165, 1.54) is 38.9 Å². The van der Waals surface area contributed by atoms with E-state index in [-0.39, 0.29) is 18.2 Å². The summed E-state index contributed by atoms with van der Waals surface area (Å²) in [5, 5.41) is 0.746. The molecule has 0 aromatic heterocycles. The van der Waals surface area contributed by atoms with E-state index in [9.17, 15) is 4.79 Å². The Morgan fingerprint density at radius 2 is 2.00 bits per heavy atom. The van der Waals surface area contributed by atoms with Gasteiger partial charge >= 0.3 is 6.09 Å². The molecule has 3 aliphatic heterocycles. The Kier molecular flexibility index (Phi) is 5.90. The Morgan fingerprint density at radius 3 is 2.74 bits per heavy atom.